The van der Waals surface area contributed by atoms with E-state index in [4.69, 9.17) is 5.11 Å². The van der Waals surface area contributed by atoms with Crippen LogP contribution in [0.5, 0.6) is 0 Å². The van der Waals surface area contributed by atoms with E-state index in [2.05, 4.69) is 41.2 Å². The number of pyridine rings is 1. The van der Waals surface area contributed by atoms with E-state index in [-0.39, 0.29) is 12.0 Å². The molecule has 0 radical (unpaired) electrons. The van der Waals surface area contributed by atoms with Crippen LogP contribution in [0.2, 0.25) is 0 Å². The normalized spacial score (nSPS) is 21.1. The number of aliphatic carboxylic acids is 1. The largest absolute Gasteiger partial charge is 0.481 e. The number of carboxylic acid groups (broad SMARTS) is 1. The first-order chi connectivity index (χ1) is 10.5. The van der Waals surface area contributed by atoms with Gasteiger partial charge in [-0.3, -0.25) is 4.79 Å². The monoisotopic (exact) mass is 303 g/mol. The van der Waals surface area contributed by atoms with Crippen molar-refractivity contribution >= 4 is 11.8 Å². The number of carboxylic acids is 1. The van der Waals surface area contributed by atoms with Gasteiger partial charge in [0.05, 0.1) is 5.92 Å². The number of hydrogen-bond donors (Lipinski definition) is 2. The summed E-state index contributed by atoms with van der Waals surface area (Å²) in [6.07, 6.45) is 7.17. The van der Waals surface area contributed by atoms with Gasteiger partial charge in [0.15, 0.2) is 0 Å². The third kappa shape index (κ3) is 4.31. The predicted molar refractivity (Wildman–Crippen MR) is 87.9 cm³/mol. The molecular weight excluding hydrogens is 278 g/mol. The van der Waals surface area contributed by atoms with Crippen LogP contribution in [0.25, 0.3) is 0 Å². The molecule has 0 bridgehead atoms. The van der Waals surface area contributed by atoms with Crippen LogP contribution in [0, 0.1) is 5.92 Å². The zero-order valence-corrected chi connectivity index (χ0v) is 13.5. The van der Waals surface area contributed by atoms with E-state index in [1.807, 2.05) is 25.4 Å². The zero-order valence-electron chi connectivity index (χ0n) is 13.5. The second-order valence-corrected chi connectivity index (χ2v) is 6.15. The molecule has 0 fully saturated rings. The highest BCUT2D eigenvalue weighted by atomic mass is 16.4. The molecule has 2 rings (SSSR count). The Morgan fingerprint density at radius 3 is 2.86 bits per heavy atom. The lowest BCUT2D eigenvalue weighted by atomic mass is 9.91. The number of nitrogens with one attached hydrogen (secondary N) is 1. The average molecular weight is 303 g/mol. The first-order valence-electron chi connectivity index (χ1n) is 7.78. The van der Waals surface area contributed by atoms with Gasteiger partial charge in [0, 0.05) is 31.9 Å². The molecule has 0 aromatic carbocycles. The molecule has 2 N–H and O–H groups in total. The third-order valence-corrected chi connectivity index (χ3v) is 4.19. The van der Waals surface area contributed by atoms with Crippen molar-refractivity contribution in [3.05, 3.63) is 36.0 Å². The molecule has 1 aliphatic carbocycles. The third-order valence-electron chi connectivity index (χ3n) is 4.19. The molecular formula is C17H25N3O2. The van der Waals surface area contributed by atoms with E-state index in [1.165, 1.54) is 0 Å². The maximum Gasteiger partial charge on any atom is 0.306 e. The van der Waals surface area contributed by atoms with E-state index in [0.29, 0.717) is 25.4 Å². The van der Waals surface area contributed by atoms with Crippen molar-refractivity contribution in [1.29, 1.82) is 0 Å². The molecule has 0 saturated carbocycles. The Hall–Kier alpha value is -1.88. The highest BCUT2D eigenvalue weighted by Crippen LogP contribution is 2.19. The Balaban J connectivity index is 1.88. The highest BCUT2D eigenvalue weighted by molar-refractivity contribution is 5.70. The fourth-order valence-electron chi connectivity index (χ4n) is 2.48. The van der Waals surface area contributed by atoms with Crippen molar-refractivity contribution in [3.63, 3.8) is 0 Å². The number of nitrogens with zero attached hydrogens (tertiary/aromatic N) is 2. The summed E-state index contributed by atoms with van der Waals surface area (Å²) in [6, 6.07) is 4.62. The van der Waals surface area contributed by atoms with Gasteiger partial charge in [0.25, 0.3) is 0 Å². The van der Waals surface area contributed by atoms with Crippen LogP contribution in [0.15, 0.2) is 30.5 Å². The molecule has 1 aromatic rings. The van der Waals surface area contributed by atoms with Crippen molar-refractivity contribution < 1.29 is 9.90 Å². The van der Waals surface area contributed by atoms with E-state index in [9.17, 15) is 4.79 Å². The number of allylic oxidation sites excluding steroid dienone is 1. The minimum Gasteiger partial charge on any atom is -0.481 e. The first kappa shape index (κ1) is 16.5. The fraction of sp³-hybridized carbons (Fsp3) is 0.529. The Labute approximate surface area is 132 Å². The zero-order chi connectivity index (χ0) is 16.1. The lowest BCUT2D eigenvalue weighted by Gasteiger charge is -2.24. The van der Waals surface area contributed by atoms with Crippen molar-refractivity contribution in [1.82, 2.24) is 10.3 Å². The summed E-state index contributed by atoms with van der Waals surface area (Å²) in [5.41, 5.74) is 1.10. The van der Waals surface area contributed by atoms with E-state index >= 15 is 0 Å². The quantitative estimate of drug-likeness (QED) is 0.790. The van der Waals surface area contributed by atoms with Gasteiger partial charge in [-0.15, -0.1) is 0 Å². The lowest BCUT2D eigenvalue weighted by Crippen LogP contribution is -2.33. The molecule has 5 nitrogen and oxygen atoms in total. The van der Waals surface area contributed by atoms with Gasteiger partial charge in [-0.1, -0.05) is 18.2 Å². The summed E-state index contributed by atoms with van der Waals surface area (Å²) in [5, 5.41) is 12.5. The molecule has 0 unspecified atom stereocenters. The average Bonchev–Trinajstić information content (AvgIpc) is 2.53. The summed E-state index contributed by atoms with van der Waals surface area (Å²) in [7, 11) is 2.03. The molecule has 0 aliphatic heterocycles. The smallest absolute Gasteiger partial charge is 0.306 e. The van der Waals surface area contributed by atoms with Gasteiger partial charge in [0.2, 0.25) is 0 Å². The van der Waals surface area contributed by atoms with Crippen LogP contribution in [0.1, 0.15) is 32.3 Å². The van der Waals surface area contributed by atoms with Crippen LogP contribution in [0.4, 0.5) is 5.82 Å². The van der Waals surface area contributed by atoms with Crippen molar-refractivity contribution in [2.45, 2.75) is 45.3 Å². The molecule has 22 heavy (non-hydrogen) atoms. The molecule has 2 atom stereocenters. The standard InChI is InChI=1S/C17H25N3O2/c1-12(2)20(3)16-8-7-13(11-19-16)10-18-15-6-4-5-14(9-15)17(21)22/h4,6-8,11-12,14-15,18H,5,9-10H2,1-3H3,(H,21,22)/t14-,15-/m0/s1. The number of anilines is 1. The molecule has 1 aromatic heterocycles. The van der Waals surface area contributed by atoms with Gasteiger partial charge >= 0.3 is 5.97 Å². The van der Waals surface area contributed by atoms with Gasteiger partial charge in [-0.05, 0) is 38.3 Å². The molecule has 1 heterocycles. The topological polar surface area (TPSA) is 65.5 Å². The van der Waals surface area contributed by atoms with Crippen molar-refractivity contribution in [2.75, 3.05) is 11.9 Å². The van der Waals surface area contributed by atoms with Crippen molar-refractivity contribution in [2.24, 2.45) is 5.92 Å². The summed E-state index contributed by atoms with van der Waals surface area (Å²) in [5.74, 6) is -0.0242. The SMILES string of the molecule is CC(C)N(C)c1ccc(CN[C@H]2C=CC[C@H](C(=O)O)C2)cn1. The number of carbonyl (C=O) groups is 1. The Kier molecular flexibility index (Phi) is 5.55. The van der Waals surface area contributed by atoms with Gasteiger partial charge in [-0.2, -0.15) is 0 Å². The van der Waals surface area contributed by atoms with Crippen LogP contribution in [-0.4, -0.2) is 35.2 Å². The predicted octanol–water partition coefficient (Wildman–Crippen LogP) is 2.44. The molecule has 0 amide bonds. The molecule has 1 aliphatic rings. The minimum atomic E-state index is -0.709. The first-order valence-corrected chi connectivity index (χ1v) is 7.78. The molecule has 120 valence electrons. The Morgan fingerprint density at radius 1 is 1.50 bits per heavy atom. The maximum atomic E-state index is 11.1. The van der Waals surface area contributed by atoms with Crippen molar-refractivity contribution in [3.8, 4) is 0 Å². The lowest BCUT2D eigenvalue weighted by molar-refractivity contribution is -0.142. The summed E-state index contributed by atoms with van der Waals surface area (Å²) >= 11 is 0. The Morgan fingerprint density at radius 2 is 2.27 bits per heavy atom. The number of aromatic nitrogens is 1. The van der Waals surface area contributed by atoms with Crippen LogP contribution in [0.3, 0.4) is 0 Å². The summed E-state index contributed by atoms with van der Waals surface area (Å²) < 4.78 is 0. The van der Waals surface area contributed by atoms with E-state index in [1.54, 1.807) is 0 Å². The van der Waals surface area contributed by atoms with Crippen LogP contribution in [-0.2, 0) is 11.3 Å². The summed E-state index contributed by atoms with van der Waals surface area (Å²) in [4.78, 5) is 17.7. The molecule has 5 heteroatoms. The summed E-state index contributed by atoms with van der Waals surface area (Å²) in [6.45, 7) is 4.96. The number of hydrogen-bond acceptors (Lipinski definition) is 4. The minimum absolute atomic E-state index is 0.118. The molecule has 0 spiro atoms. The van der Waals surface area contributed by atoms with Gasteiger partial charge < -0.3 is 15.3 Å². The second-order valence-electron chi connectivity index (χ2n) is 6.15. The highest BCUT2D eigenvalue weighted by Gasteiger charge is 2.23. The van der Waals surface area contributed by atoms with Crippen LogP contribution >= 0.6 is 0 Å². The van der Waals surface area contributed by atoms with E-state index < -0.39 is 5.97 Å². The maximum absolute atomic E-state index is 11.1. The van der Waals surface area contributed by atoms with Gasteiger partial charge in [0.1, 0.15) is 5.82 Å². The second kappa shape index (κ2) is 7.40. The molecule has 0 saturated heterocycles. The Bertz CT molecular complexity index is 525. The number of rotatable bonds is 6. The van der Waals surface area contributed by atoms with Crippen LogP contribution < -0.4 is 10.2 Å². The fourth-order valence-corrected chi connectivity index (χ4v) is 2.48. The van der Waals surface area contributed by atoms with E-state index in [0.717, 1.165) is 11.4 Å². The van der Waals surface area contributed by atoms with Gasteiger partial charge in [-0.25, -0.2) is 4.98 Å².